The maximum absolute atomic E-state index is 11.5. The predicted molar refractivity (Wildman–Crippen MR) is 71.8 cm³/mol. The maximum atomic E-state index is 11.5. The number of carboxylic acids is 1. The molecule has 1 aromatic rings. The molecule has 0 aromatic carbocycles. The van der Waals surface area contributed by atoms with Gasteiger partial charge in [-0.05, 0) is 24.7 Å². The first-order valence-corrected chi connectivity index (χ1v) is 6.58. The summed E-state index contributed by atoms with van der Waals surface area (Å²) < 4.78 is 1.60. The Balaban J connectivity index is 2.35. The smallest absolute Gasteiger partial charge is 0.354 e. The zero-order chi connectivity index (χ0) is 14.2. The molecule has 0 fully saturated rings. The minimum absolute atomic E-state index is 0.149. The molecule has 6 heteroatoms. The number of hydrogen-bond donors (Lipinski definition) is 2. The molecule has 19 heavy (non-hydrogen) atoms. The van der Waals surface area contributed by atoms with Gasteiger partial charge in [-0.15, -0.1) is 0 Å². The molecule has 1 aromatic heterocycles. The average molecular weight is 266 g/mol. The average Bonchev–Trinajstić information content (AvgIpc) is 2.62. The van der Waals surface area contributed by atoms with Gasteiger partial charge < -0.3 is 5.11 Å². The van der Waals surface area contributed by atoms with Crippen molar-refractivity contribution in [2.45, 2.75) is 39.7 Å². The zero-order valence-electron chi connectivity index (χ0n) is 11.8. The van der Waals surface area contributed by atoms with Crippen molar-refractivity contribution < 1.29 is 9.90 Å². The van der Waals surface area contributed by atoms with Gasteiger partial charge in [0.05, 0.1) is 12.2 Å². The first-order valence-electron chi connectivity index (χ1n) is 6.58. The van der Waals surface area contributed by atoms with E-state index in [9.17, 15) is 9.90 Å². The molecule has 6 nitrogen and oxygen atoms in total. The highest BCUT2D eigenvalue weighted by Gasteiger charge is 2.32. The van der Waals surface area contributed by atoms with Gasteiger partial charge in [-0.2, -0.15) is 5.10 Å². The fourth-order valence-electron chi connectivity index (χ4n) is 2.61. The first kappa shape index (κ1) is 14.0. The Labute approximate surface area is 113 Å². The molecule has 0 amide bonds. The highest BCUT2D eigenvalue weighted by molar-refractivity contribution is 5.88. The van der Waals surface area contributed by atoms with E-state index in [0.717, 1.165) is 30.5 Å². The number of likely N-dealkylation sites (N-methyl/N-ethyl adjacent to an activating group) is 1. The van der Waals surface area contributed by atoms with Crippen LogP contribution in [-0.4, -0.2) is 39.5 Å². The third-order valence-corrected chi connectivity index (χ3v) is 3.69. The van der Waals surface area contributed by atoms with E-state index in [1.807, 2.05) is 0 Å². The Bertz CT molecular complexity index is 491. The van der Waals surface area contributed by atoms with Crippen molar-refractivity contribution in [1.29, 1.82) is 0 Å². The minimum atomic E-state index is -0.897. The number of aryl methyl sites for hydroxylation is 1. The lowest BCUT2D eigenvalue weighted by Gasteiger charge is -2.28. The van der Waals surface area contributed by atoms with E-state index in [0.29, 0.717) is 18.8 Å². The van der Waals surface area contributed by atoms with Crippen LogP contribution in [0.15, 0.2) is 0 Å². The molecule has 0 bridgehead atoms. The Kier molecular flexibility index (Phi) is 3.64. The Hall–Kier alpha value is -1.40. The van der Waals surface area contributed by atoms with Gasteiger partial charge in [0.25, 0.3) is 0 Å². The van der Waals surface area contributed by atoms with Gasteiger partial charge in [-0.1, -0.05) is 13.8 Å². The van der Waals surface area contributed by atoms with Crippen LogP contribution < -0.4 is 5.84 Å². The van der Waals surface area contributed by atoms with E-state index in [1.165, 1.54) is 5.01 Å². The molecule has 0 aliphatic heterocycles. The zero-order valence-corrected chi connectivity index (χ0v) is 11.8. The fraction of sp³-hybridized carbons (Fsp3) is 0.692. The van der Waals surface area contributed by atoms with Crippen LogP contribution >= 0.6 is 0 Å². The molecule has 1 aliphatic carbocycles. The first-order chi connectivity index (χ1) is 8.80. The number of nitrogens with zero attached hydrogens (tertiary/aromatic N) is 3. The van der Waals surface area contributed by atoms with Crippen LogP contribution in [0.25, 0.3) is 0 Å². The van der Waals surface area contributed by atoms with E-state index < -0.39 is 5.97 Å². The molecular weight excluding hydrogens is 244 g/mol. The Morgan fingerprint density at radius 3 is 2.84 bits per heavy atom. The summed E-state index contributed by atoms with van der Waals surface area (Å²) in [5.41, 5.74) is 2.33. The lowest BCUT2D eigenvalue weighted by Crippen LogP contribution is -2.30. The molecule has 3 N–H and O–H groups in total. The number of aromatic carboxylic acids is 1. The molecule has 0 spiro atoms. The van der Waals surface area contributed by atoms with Crippen LogP contribution in [0.2, 0.25) is 0 Å². The van der Waals surface area contributed by atoms with Gasteiger partial charge in [0.1, 0.15) is 5.69 Å². The molecule has 106 valence electrons. The van der Waals surface area contributed by atoms with Crippen molar-refractivity contribution in [2.75, 3.05) is 13.6 Å². The molecule has 0 radical (unpaired) electrons. The van der Waals surface area contributed by atoms with Crippen molar-refractivity contribution in [2.24, 2.45) is 11.3 Å². The van der Waals surface area contributed by atoms with Crippen LogP contribution in [0.3, 0.4) is 0 Å². The standard InChI is InChI=1S/C13H22N4O2/c1-13(2)5-4-10-9(8-13)11(12(18)19)17(15-10)7-6-16(3)14/h4-8,14H2,1-3H3,(H,18,19). The number of hydrazine groups is 1. The minimum Gasteiger partial charge on any atom is -0.477 e. The van der Waals surface area contributed by atoms with Crippen molar-refractivity contribution in [3.63, 3.8) is 0 Å². The molecule has 0 saturated heterocycles. The number of carbonyl (C=O) groups is 1. The predicted octanol–water partition coefficient (Wildman–Crippen LogP) is 0.902. The molecule has 0 atom stereocenters. The number of aromatic nitrogens is 2. The van der Waals surface area contributed by atoms with Crippen LogP contribution in [-0.2, 0) is 19.4 Å². The van der Waals surface area contributed by atoms with Crippen LogP contribution in [0.4, 0.5) is 0 Å². The second-order valence-corrected chi connectivity index (χ2v) is 6.12. The molecule has 1 heterocycles. The van der Waals surface area contributed by atoms with E-state index in [2.05, 4.69) is 18.9 Å². The third kappa shape index (κ3) is 2.96. The van der Waals surface area contributed by atoms with Gasteiger partial charge in [-0.3, -0.25) is 10.5 Å². The lowest BCUT2D eigenvalue weighted by molar-refractivity contribution is 0.0680. The Morgan fingerprint density at radius 1 is 1.58 bits per heavy atom. The summed E-state index contributed by atoms with van der Waals surface area (Å²) in [7, 11) is 1.76. The van der Waals surface area contributed by atoms with Crippen LogP contribution in [0, 0.1) is 5.41 Å². The van der Waals surface area contributed by atoms with E-state index in [-0.39, 0.29) is 5.41 Å². The van der Waals surface area contributed by atoms with E-state index in [4.69, 9.17) is 5.84 Å². The van der Waals surface area contributed by atoms with Crippen molar-refractivity contribution >= 4 is 5.97 Å². The highest BCUT2D eigenvalue weighted by atomic mass is 16.4. The highest BCUT2D eigenvalue weighted by Crippen LogP contribution is 2.35. The van der Waals surface area contributed by atoms with E-state index >= 15 is 0 Å². The summed E-state index contributed by atoms with van der Waals surface area (Å²) in [5.74, 6) is 4.68. The number of rotatable bonds is 4. The molecule has 1 aliphatic rings. The lowest BCUT2D eigenvalue weighted by atomic mass is 9.76. The van der Waals surface area contributed by atoms with Crippen LogP contribution in [0.5, 0.6) is 0 Å². The number of carboxylic acid groups (broad SMARTS) is 1. The van der Waals surface area contributed by atoms with Crippen molar-refractivity contribution in [1.82, 2.24) is 14.8 Å². The topological polar surface area (TPSA) is 84.4 Å². The molecule has 2 rings (SSSR count). The van der Waals surface area contributed by atoms with Gasteiger partial charge in [0.15, 0.2) is 0 Å². The SMILES string of the molecule is CN(N)CCn1nc2c(c1C(=O)O)CC(C)(C)CC2. The summed E-state index contributed by atoms with van der Waals surface area (Å²) in [6.45, 7) is 5.42. The maximum Gasteiger partial charge on any atom is 0.354 e. The third-order valence-electron chi connectivity index (χ3n) is 3.69. The van der Waals surface area contributed by atoms with Gasteiger partial charge in [0.2, 0.25) is 0 Å². The normalized spacial score (nSPS) is 17.5. The molecule has 0 unspecified atom stereocenters. The van der Waals surface area contributed by atoms with Crippen molar-refractivity contribution in [3.05, 3.63) is 17.0 Å². The van der Waals surface area contributed by atoms with Gasteiger partial charge in [0, 0.05) is 19.2 Å². The van der Waals surface area contributed by atoms with Crippen molar-refractivity contribution in [3.8, 4) is 0 Å². The summed E-state index contributed by atoms with van der Waals surface area (Å²) in [6, 6.07) is 0. The summed E-state index contributed by atoms with van der Waals surface area (Å²) in [5, 5.41) is 15.4. The number of hydrogen-bond acceptors (Lipinski definition) is 4. The number of nitrogens with two attached hydrogens (primary N) is 1. The van der Waals surface area contributed by atoms with E-state index in [1.54, 1.807) is 11.7 Å². The largest absolute Gasteiger partial charge is 0.477 e. The second-order valence-electron chi connectivity index (χ2n) is 6.12. The summed E-state index contributed by atoms with van der Waals surface area (Å²) >= 11 is 0. The Morgan fingerprint density at radius 2 is 2.26 bits per heavy atom. The van der Waals surface area contributed by atoms with Gasteiger partial charge >= 0.3 is 5.97 Å². The number of fused-ring (bicyclic) bond motifs is 1. The fourth-order valence-corrected chi connectivity index (χ4v) is 2.61. The summed E-state index contributed by atoms with van der Waals surface area (Å²) in [6.07, 6.45) is 2.68. The van der Waals surface area contributed by atoms with Gasteiger partial charge in [-0.25, -0.2) is 9.80 Å². The quantitative estimate of drug-likeness (QED) is 0.625. The molecule has 0 saturated carbocycles. The second kappa shape index (κ2) is 4.94. The molecular formula is C13H22N4O2. The summed E-state index contributed by atoms with van der Waals surface area (Å²) in [4.78, 5) is 11.5. The van der Waals surface area contributed by atoms with Crippen LogP contribution in [0.1, 0.15) is 42.0 Å². The monoisotopic (exact) mass is 266 g/mol.